The highest BCUT2D eigenvalue weighted by molar-refractivity contribution is 7.99. The van der Waals surface area contributed by atoms with E-state index in [9.17, 15) is 13.2 Å². The zero-order valence-corrected chi connectivity index (χ0v) is 20.3. The molecule has 3 rings (SSSR count). The first-order valence-electron chi connectivity index (χ1n) is 9.93. The molecule has 0 aliphatic carbocycles. The van der Waals surface area contributed by atoms with Crippen molar-refractivity contribution in [3.05, 3.63) is 48.4 Å². The number of benzene rings is 1. The Labute approximate surface area is 196 Å². The van der Waals surface area contributed by atoms with E-state index in [1.165, 1.54) is 30.1 Å². The molecule has 1 aromatic carbocycles. The Morgan fingerprint density at radius 2 is 1.97 bits per heavy atom. The minimum atomic E-state index is -3.29. The van der Waals surface area contributed by atoms with Gasteiger partial charge in [-0.25, -0.2) is 18.4 Å². The summed E-state index contributed by atoms with van der Waals surface area (Å²) in [6.45, 7) is 2.21. The van der Waals surface area contributed by atoms with Crippen LogP contribution in [0.4, 0.5) is 5.82 Å². The number of carbonyl (C=O) groups excluding carboxylic acids is 1. The fourth-order valence-corrected chi connectivity index (χ4v) is 4.28. The maximum atomic E-state index is 12.6. The van der Waals surface area contributed by atoms with Gasteiger partial charge in [-0.15, -0.1) is 0 Å². The molecule has 0 saturated carbocycles. The number of anilines is 1. The van der Waals surface area contributed by atoms with Gasteiger partial charge in [0.2, 0.25) is 11.8 Å². The van der Waals surface area contributed by atoms with Crippen LogP contribution in [0.25, 0.3) is 0 Å². The largest absolute Gasteiger partial charge is 0.471 e. The summed E-state index contributed by atoms with van der Waals surface area (Å²) in [7, 11) is 0.0429. The number of aryl methyl sites for hydroxylation is 1. The number of sulfone groups is 1. The Balaban J connectivity index is 1.83. The summed E-state index contributed by atoms with van der Waals surface area (Å²) >= 11 is 1.28. The molecule has 0 bridgehead atoms. The third-order valence-corrected chi connectivity index (χ3v) is 6.45. The van der Waals surface area contributed by atoms with Crippen molar-refractivity contribution in [2.45, 2.75) is 34.3 Å². The van der Waals surface area contributed by atoms with Crippen LogP contribution in [0.3, 0.4) is 0 Å². The second-order valence-corrected chi connectivity index (χ2v) is 10.4. The Morgan fingerprint density at radius 3 is 2.58 bits per heavy atom. The fraction of sp³-hybridized carbons (Fsp3) is 0.333. The summed E-state index contributed by atoms with van der Waals surface area (Å²) in [6, 6.07) is 8.12. The fourth-order valence-electron chi connectivity index (χ4n) is 2.82. The molecule has 2 heterocycles. The van der Waals surface area contributed by atoms with E-state index < -0.39 is 9.84 Å². The highest BCUT2D eigenvalue weighted by Gasteiger charge is 2.17. The number of nitrogens with zero attached hydrogens (tertiary/aromatic N) is 4. The van der Waals surface area contributed by atoms with Crippen LogP contribution in [0.5, 0.6) is 5.88 Å². The Bertz CT molecular complexity index is 1210. The molecule has 1 N–H and O–H groups in total. The van der Waals surface area contributed by atoms with Gasteiger partial charge in [-0.05, 0) is 31.2 Å². The third-order valence-electron chi connectivity index (χ3n) is 4.28. The number of ether oxygens (including phenoxy) is 2. The second kappa shape index (κ2) is 10.8. The predicted octanol–water partition coefficient (Wildman–Crippen LogP) is 2.36. The number of aromatic nitrogens is 4. The lowest BCUT2D eigenvalue weighted by molar-refractivity contribution is -0.115. The first-order valence-corrected chi connectivity index (χ1v) is 12.6. The van der Waals surface area contributed by atoms with E-state index in [0.29, 0.717) is 23.1 Å². The predicted molar refractivity (Wildman–Crippen MR) is 123 cm³/mol. The summed E-state index contributed by atoms with van der Waals surface area (Å²) in [5, 5.41) is 7.38. The van der Waals surface area contributed by atoms with Gasteiger partial charge in [0.1, 0.15) is 11.1 Å². The number of rotatable bonds is 10. The van der Waals surface area contributed by atoms with Gasteiger partial charge in [-0.3, -0.25) is 9.48 Å². The van der Waals surface area contributed by atoms with Crippen molar-refractivity contribution in [3.8, 4) is 5.88 Å². The van der Waals surface area contributed by atoms with Crippen LogP contribution in [0.15, 0.2) is 57.5 Å². The molecule has 0 saturated heterocycles. The van der Waals surface area contributed by atoms with Gasteiger partial charge in [0.15, 0.2) is 15.7 Å². The van der Waals surface area contributed by atoms with Crippen LogP contribution in [0, 0.1) is 0 Å². The summed E-state index contributed by atoms with van der Waals surface area (Å²) in [5.41, 5.74) is 0.419. The minimum Gasteiger partial charge on any atom is -0.471 e. The number of amides is 1. The summed E-state index contributed by atoms with van der Waals surface area (Å²) in [4.78, 5) is 22.5. The highest BCUT2D eigenvalue weighted by Crippen LogP contribution is 2.30. The lowest BCUT2D eigenvalue weighted by Crippen LogP contribution is -2.20. The average Bonchev–Trinajstić information content (AvgIpc) is 3.14. The van der Waals surface area contributed by atoms with Crippen molar-refractivity contribution in [3.63, 3.8) is 0 Å². The van der Waals surface area contributed by atoms with Gasteiger partial charge in [0.05, 0.1) is 29.8 Å². The Hall–Kier alpha value is -2.96. The number of hydrogen-bond acceptors (Lipinski definition) is 9. The smallest absolute Gasteiger partial charge is 0.232 e. The molecule has 0 fully saturated rings. The molecule has 0 radical (unpaired) electrons. The van der Waals surface area contributed by atoms with Crippen molar-refractivity contribution in [2.24, 2.45) is 7.05 Å². The van der Waals surface area contributed by atoms with Gasteiger partial charge >= 0.3 is 0 Å². The molecule has 0 spiro atoms. The number of carbonyl (C=O) groups is 1. The number of hydrogen-bond donors (Lipinski definition) is 1. The molecule has 1 atom stereocenters. The van der Waals surface area contributed by atoms with Crippen molar-refractivity contribution in [1.29, 1.82) is 0 Å². The SMILES string of the molecule is COC[C@H](C)Oc1cnc(Sc2ccc(S(C)(=O)=O)cc2)c(CC(=O)Nc2ccn(C)n2)n1. The zero-order chi connectivity index (χ0) is 24.0. The molecule has 1 amide bonds. The Morgan fingerprint density at radius 1 is 1.24 bits per heavy atom. The van der Waals surface area contributed by atoms with Crippen LogP contribution >= 0.6 is 11.8 Å². The summed E-state index contributed by atoms with van der Waals surface area (Å²) < 4.78 is 35.8. The van der Waals surface area contributed by atoms with Gasteiger partial charge < -0.3 is 14.8 Å². The zero-order valence-electron chi connectivity index (χ0n) is 18.7. The van der Waals surface area contributed by atoms with E-state index in [0.717, 1.165) is 11.2 Å². The third kappa shape index (κ3) is 7.27. The highest BCUT2D eigenvalue weighted by atomic mass is 32.2. The molecular formula is C21H25N5O5S2. The van der Waals surface area contributed by atoms with Crippen molar-refractivity contribution >= 4 is 33.3 Å². The van der Waals surface area contributed by atoms with E-state index >= 15 is 0 Å². The summed E-state index contributed by atoms with van der Waals surface area (Å²) in [5.74, 6) is 0.401. The molecule has 0 aliphatic heterocycles. The lowest BCUT2D eigenvalue weighted by atomic mass is 10.3. The molecule has 3 aromatic rings. The van der Waals surface area contributed by atoms with E-state index in [4.69, 9.17) is 9.47 Å². The van der Waals surface area contributed by atoms with Gasteiger partial charge in [-0.1, -0.05) is 11.8 Å². The average molecular weight is 492 g/mol. The summed E-state index contributed by atoms with van der Waals surface area (Å²) in [6.07, 6.45) is 4.06. The molecule has 33 heavy (non-hydrogen) atoms. The van der Waals surface area contributed by atoms with Crippen molar-refractivity contribution in [2.75, 3.05) is 25.3 Å². The first kappa shape index (κ1) is 24.7. The van der Waals surface area contributed by atoms with Gasteiger partial charge in [-0.2, -0.15) is 5.10 Å². The van der Waals surface area contributed by atoms with E-state index in [1.54, 1.807) is 43.2 Å². The van der Waals surface area contributed by atoms with Crippen LogP contribution in [-0.4, -0.2) is 60.1 Å². The molecule has 0 unspecified atom stereocenters. The minimum absolute atomic E-state index is 0.0524. The molecule has 10 nitrogen and oxygen atoms in total. The Kier molecular flexibility index (Phi) is 8.06. The quantitative estimate of drug-likeness (QED) is 0.455. The standard InChI is InChI=1S/C21H25N5O5S2/c1-14(13-30-3)31-20-12-22-21(32-15-5-7-16(8-6-15)33(4,28)29)17(23-20)11-19(27)24-18-9-10-26(2)25-18/h5-10,12,14H,11,13H2,1-4H3,(H,24,25,27)/t14-/m0/s1. The molecule has 0 aliphatic rings. The van der Waals surface area contributed by atoms with Crippen LogP contribution in [0.2, 0.25) is 0 Å². The molecular weight excluding hydrogens is 466 g/mol. The topological polar surface area (TPSA) is 125 Å². The van der Waals surface area contributed by atoms with E-state index in [-0.39, 0.29) is 29.2 Å². The maximum Gasteiger partial charge on any atom is 0.232 e. The van der Waals surface area contributed by atoms with E-state index in [2.05, 4.69) is 20.4 Å². The van der Waals surface area contributed by atoms with Gasteiger partial charge in [0, 0.05) is 37.6 Å². The first-order chi connectivity index (χ1) is 15.6. The molecule has 12 heteroatoms. The normalized spacial score (nSPS) is 12.4. The van der Waals surface area contributed by atoms with Crippen LogP contribution in [0.1, 0.15) is 12.6 Å². The van der Waals surface area contributed by atoms with Crippen molar-refractivity contribution < 1.29 is 22.7 Å². The maximum absolute atomic E-state index is 12.6. The number of nitrogens with one attached hydrogen (secondary N) is 1. The van der Waals surface area contributed by atoms with Crippen LogP contribution in [-0.2, 0) is 32.8 Å². The van der Waals surface area contributed by atoms with Crippen molar-refractivity contribution in [1.82, 2.24) is 19.7 Å². The monoisotopic (exact) mass is 491 g/mol. The van der Waals surface area contributed by atoms with Crippen LogP contribution < -0.4 is 10.1 Å². The van der Waals surface area contributed by atoms with Gasteiger partial charge in [0.25, 0.3) is 0 Å². The number of methoxy groups -OCH3 is 1. The molecule has 2 aromatic heterocycles. The van der Waals surface area contributed by atoms with E-state index in [1.807, 2.05) is 6.92 Å². The second-order valence-electron chi connectivity index (χ2n) is 7.29. The molecule has 176 valence electrons. The lowest BCUT2D eigenvalue weighted by Gasteiger charge is -2.14.